The maximum Gasteiger partial charge on any atom is 0.117 e. The van der Waals surface area contributed by atoms with Gasteiger partial charge in [-0.1, -0.05) is 20.8 Å². The molecule has 0 spiro atoms. The molecule has 0 bridgehead atoms. The average Bonchev–Trinajstić information content (AvgIpc) is 2.81. The van der Waals surface area contributed by atoms with Crippen LogP contribution in [-0.4, -0.2) is 24.0 Å². The van der Waals surface area contributed by atoms with Crippen molar-refractivity contribution in [2.45, 2.75) is 52.1 Å². The molecule has 3 nitrogen and oxygen atoms in total. The average molecular weight is 264 g/mol. The fourth-order valence-electron chi connectivity index (χ4n) is 3.74. The van der Waals surface area contributed by atoms with Crippen molar-refractivity contribution >= 4 is 0 Å². The van der Waals surface area contributed by atoms with E-state index in [0.717, 1.165) is 18.8 Å². The second kappa shape index (κ2) is 5.29. The number of hydrogen-bond acceptors (Lipinski definition) is 3. The Morgan fingerprint density at radius 3 is 2.68 bits per heavy atom. The van der Waals surface area contributed by atoms with Crippen LogP contribution in [0.3, 0.4) is 0 Å². The molecule has 2 N–H and O–H groups in total. The van der Waals surface area contributed by atoms with E-state index in [1.807, 2.05) is 12.1 Å². The molecule has 2 unspecified atom stereocenters. The normalized spacial score (nSPS) is 30.7. The topological polar surface area (TPSA) is 42.4 Å². The lowest BCUT2D eigenvalue weighted by atomic mass is 9.63. The SMILES string of the molecule is CC1CC(C)(C)CCC1(CN)N(C)Cc1ccco1. The predicted molar refractivity (Wildman–Crippen MR) is 78.8 cm³/mol. The van der Waals surface area contributed by atoms with E-state index >= 15 is 0 Å². The number of hydrogen-bond donors (Lipinski definition) is 1. The smallest absolute Gasteiger partial charge is 0.117 e. The minimum Gasteiger partial charge on any atom is -0.468 e. The molecule has 19 heavy (non-hydrogen) atoms. The number of nitrogens with two attached hydrogens (primary N) is 1. The Morgan fingerprint density at radius 1 is 1.42 bits per heavy atom. The first-order chi connectivity index (χ1) is 8.89. The maximum absolute atomic E-state index is 6.17. The van der Waals surface area contributed by atoms with Crippen LogP contribution in [0, 0.1) is 11.3 Å². The maximum atomic E-state index is 6.17. The number of likely N-dealkylation sites (N-methyl/N-ethyl adjacent to an activating group) is 1. The fraction of sp³-hybridized carbons (Fsp3) is 0.750. The summed E-state index contributed by atoms with van der Waals surface area (Å²) in [4.78, 5) is 2.41. The van der Waals surface area contributed by atoms with Crippen molar-refractivity contribution in [2.75, 3.05) is 13.6 Å². The van der Waals surface area contributed by atoms with Crippen molar-refractivity contribution in [2.24, 2.45) is 17.1 Å². The van der Waals surface area contributed by atoms with E-state index in [-0.39, 0.29) is 5.54 Å². The van der Waals surface area contributed by atoms with Crippen molar-refractivity contribution in [3.05, 3.63) is 24.2 Å². The van der Waals surface area contributed by atoms with E-state index in [1.165, 1.54) is 19.3 Å². The second-order valence-electron chi connectivity index (χ2n) is 7.01. The van der Waals surface area contributed by atoms with Gasteiger partial charge in [-0.05, 0) is 49.8 Å². The number of nitrogens with zero attached hydrogens (tertiary/aromatic N) is 1. The molecule has 1 saturated carbocycles. The molecule has 1 fully saturated rings. The van der Waals surface area contributed by atoms with Crippen molar-refractivity contribution in [1.82, 2.24) is 4.90 Å². The molecule has 0 aromatic carbocycles. The van der Waals surface area contributed by atoms with E-state index in [1.54, 1.807) is 6.26 Å². The quantitative estimate of drug-likeness (QED) is 0.907. The Morgan fingerprint density at radius 2 is 2.16 bits per heavy atom. The third-order valence-corrected chi connectivity index (χ3v) is 5.10. The van der Waals surface area contributed by atoms with Crippen LogP contribution in [0.5, 0.6) is 0 Å². The lowest BCUT2D eigenvalue weighted by Gasteiger charge is -2.52. The summed E-state index contributed by atoms with van der Waals surface area (Å²) >= 11 is 0. The van der Waals surface area contributed by atoms with E-state index < -0.39 is 0 Å². The summed E-state index contributed by atoms with van der Waals surface area (Å²) in [6.45, 7) is 8.66. The molecule has 108 valence electrons. The Bertz CT molecular complexity index is 399. The first kappa shape index (κ1) is 14.6. The molecule has 1 aromatic heterocycles. The summed E-state index contributed by atoms with van der Waals surface area (Å²) in [5.41, 5.74) is 6.74. The van der Waals surface area contributed by atoms with E-state index in [0.29, 0.717) is 11.3 Å². The molecule has 1 aliphatic carbocycles. The van der Waals surface area contributed by atoms with Gasteiger partial charge in [-0.25, -0.2) is 0 Å². The molecule has 0 aliphatic heterocycles. The van der Waals surface area contributed by atoms with Gasteiger partial charge in [-0.2, -0.15) is 0 Å². The highest BCUT2D eigenvalue weighted by Crippen LogP contribution is 2.46. The minimum absolute atomic E-state index is 0.113. The van der Waals surface area contributed by atoms with Gasteiger partial charge in [0.15, 0.2) is 0 Å². The number of rotatable bonds is 4. The van der Waals surface area contributed by atoms with Gasteiger partial charge in [0.25, 0.3) is 0 Å². The highest BCUT2D eigenvalue weighted by molar-refractivity contribution is 5.04. The van der Waals surface area contributed by atoms with Crippen LogP contribution in [0.25, 0.3) is 0 Å². The number of furan rings is 1. The van der Waals surface area contributed by atoms with E-state index in [9.17, 15) is 0 Å². The summed E-state index contributed by atoms with van der Waals surface area (Å²) in [6, 6.07) is 3.99. The standard InChI is InChI=1S/C16H28N2O/c1-13-10-15(2,3)7-8-16(13,12-17)18(4)11-14-6-5-9-19-14/h5-6,9,13H,7-8,10-12,17H2,1-4H3. The van der Waals surface area contributed by atoms with Crippen molar-refractivity contribution in [3.8, 4) is 0 Å². The molecule has 3 heteroatoms. The van der Waals surface area contributed by atoms with E-state index in [2.05, 4.69) is 32.7 Å². The van der Waals surface area contributed by atoms with Gasteiger partial charge in [-0.15, -0.1) is 0 Å². The molecule has 0 radical (unpaired) electrons. The van der Waals surface area contributed by atoms with Gasteiger partial charge < -0.3 is 10.2 Å². The van der Waals surface area contributed by atoms with Gasteiger partial charge in [0.1, 0.15) is 5.76 Å². The van der Waals surface area contributed by atoms with Crippen LogP contribution in [0.2, 0.25) is 0 Å². The Labute approximate surface area is 117 Å². The van der Waals surface area contributed by atoms with Gasteiger partial charge in [0.05, 0.1) is 12.8 Å². The molecular formula is C16H28N2O. The van der Waals surface area contributed by atoms with Crippen LogP contribution in [-0.2, 0) is 6.54 Å². The van der Waals surface area contributed by atoms with Crippen molar-refractivity contribution in [1.29, 1.82) is 0 Å². The largest absolute Gasteiger partial charge is 0.468 e. The zero-order valence-corrected chi connectivity index (χ0v) is 12.8. The summed E-state index contributed by atoms with van der Waals surface area (Å²) in [5.74, 6) is 1.63. The summed E-state index contributed by atoms with van der Waals surface area (Å²) in [6.07, 6.45) is 5.41. The van der Waals surface area contributed by atoms with Crippen LogP contribution in [0.15, 0.2) is 22.8 Å². The molecule has 1 aromatic rings. The van der Waals surface area contributed by atoms with Crippen LogP contribution in [0.4, 0.5) is 0 Å². The molecule has 2 rings (SSSR count). The van der Waals surface area contributed by atoms with E-state index in [4.69, 9.17) is 10.2 Å². The molecular weight excluding hydrogens is 236 g/mol. The molecule has 0 amide bonds. The van der Waals surface area contributed by atoms with Crippen LogP contribution in [0.1, 0.15) is 45.8 Å². The first-order valence-electron chi connectivity index (χ1n) is 7.33. The third-order valence-electron chi connectivity index (χ3n) is 5.10. The Balaban J connectivity index is 2.13. The predicted octanol–water partition coefficient (Wildman–Crippen LogP) is 3.26. The van der Waals surface area contributed by atoms with Crippen LogP contribution < -0.4 is 5.73 Å². The van der Waals surface area contributed by atoms with Crippen molar-refractivity contribution < 1.29 is 4.42 Å². The van der Waals surface area contributed by atoms with Gasteiger partial charge in [0.2, 0.25) is 0 Å². The first-order valence-corrected chi connectivity index (χ1v) is 7.33. The highest BCUT2D eigenvalue weighted by atomic mass is 16.3. The molecule has 1 heterocycles. The minimum atomic E-state index is 0.113. The third kappa shape index (κ3) is 2.87. The molecule has 2 atom stereocenters. The lowest BCUT2D eigenvalue weighted by Crippen LogP contribution is -2.59. The molecule has 0 saturated heterocycles. The van der Waals surface area contributed by atoms with Crippen LogP contribution >= 0.6 is 0 Å². The summed E-state index contributed by atoms with van der Waals surface area (Å²) < 4.78 is 5.48. The Kier molecular flexibility index (Phi) is 4.07. The summed E-state index contributed by atoms with van der Waals surface area (Å²) in [5, 5.41) is 0. The monoisotopic (exact) mass is 264 g/mol. The Hall–Kier alpha value is -0.800. The fourth-order valence-corrected chi connectivity index (χ4v) is 3.74. The summed E-state index contributed by atoms with van der Waals surface area (Å²) in [7, 11) is 2.18. The van der Waals surface area contributed by atoms with Gasteiger partial charge in [-0.3, -0.25) is 4.90 Å². The van der Waals surface area contributed by atoms with Gasteiger partial charge in [0, 0.05) is 12.1 Å². The second-order valence-corrected chi connectivity index (χ2v) is 7.01. The van der Waals surface area contributed by atoms with Crippen molar-refractivity contribution in [3.63, 3.8) is 0 Å². The van der Waals surface area contributed by atoms with Gasteiger partial charge >= 0.3 is 0 Å². The zero-order valence-electron chi connectivity index (χ0n) is 12.8. The highest BCUT2D eigenvalue weighted by Gasteiger charge is 2.45. The zero-order chi connectivity index (χ0) is 14.1. The lowest BCUT2D eigenvalue weighted by molar-refractivity contribution is -0.0146. The molecule has 1 aliphatic rings.